The van der Waals surface area contributed by atoms with Crippen molar-refractivity contribution in [2.24, 2.45) is 11.1 Å². The molecule has 94 valence electrons. The maximum atomic E-state index is 12.2. The molecule has 0 spiro atoms. The van der Waals surface area contributed by atoms with Crippen molar-refractivity contribution in [3.05, 3.63) is 21.3 Å². The lowest BCUT2D eigenvalue weighted by molar-refractivity contribution is 0.0872. The van der Waals surface area contributed by atoms with Gasteiger partial charge in [-0.2, -0.15) is 0 Å². The number of Topliss-reactive ketones (excluding diaryl/α,β-unsaturated/α-hetero) is 1. The van der Waals surface area contributed by atoms with Gasteiger partial charge in [-0.3, -0.25) is 4.79 Å². The predicted molar refractivity (Wildman–Crippen MR) is 72.8 cm³/mol. The number of carbonyl (C=O) groups excluding carboxylic acids is 1. The molecule has 2 rings (SSSR count). The van der Waals surface area contributed by atoms with Crippen LogP contribution in [0.3, 0.4) is 0 Å². The quantitative estimate of drug-likeness (QED) is 0.845. The fraction of sp³-hybridized carbons (Fsp3) is 0.615. The van der Waals surface area contributed by atoms with Crippen LogP contribution in [0.4, 0.5) is 0 Å². The summed E-state index contributed by atoms with van der Waals surface area (Å²) in [4.78, 5) is 12.9. The number of carbonyl (C=O) groups is 1. The molecular weight excluding hydrogens is 254 g/mol. The zero-order valence-corrected chi connectivity index (χ0v) is 11.4. The molecule has 1 aliphatic carbocycles. The van der Waals surface area contributed by atoms with E-state index in [0.717, 1.165) is 12.8 Å². The van der Waals surface area contributed by atoms with E-state index in [1.165, 1.54) is 30.6 Å². The Labute approximate surface area is 111 Å². The summed E-state index contributed by atoms with van der Waals surface area (Å²) < 4.78 is 0. The predicted octanol–water partition coefficient (Wildman–Crippen LogP) is 3.88. The van der Waals surface area contributed by atoms with Gasteiger partial charge < -0.3 is 5.73 Å². The van der Waals surface area contributed by atoms with E-state index in [1.54, 1.807) is 6.07 Å². The molecule has 1 heterocycles. The third-order valence-corrected chi connectivity index (χ3v) is 5.14. The summed E-state index contributed by atoms with van der Waals surface area (Å²) in [6.45, 7) is 0.613. The van der Waals surface area contributed by atoms with Gasteiger partial charge >= 0.3 is 0 Å². The Kier molecular flexibility index (Phi) is 4.23. The number of ketones is 1. The number of hydrogen-bond acceptors (Lipinski definition) is 3. The van der Waals surface area contributed by atoms with E-state index in [2.05, 4.69) is 0 Å². The van der Waals surface area contributed by atoms with Crippen molar-refractivity contribution >= 4 is 28.7 Å². The summed E-state index contributed by atoms with van der Waals surface area (Å²) in [5.74, 6) is 0.164. The molecule has 1 saturated carbocycles. The standard InChI is InChI=1S/C13H18ClNOS/c14-10-4-7-17-12(10)11(16)8-13(9-15)5-2-1-3-6-13/h4,7H,1-3,5-6,8-9,15H2. The molecule has 0 radical (unpaired) electrons. The van der Waals surface area contributed by atoms with Crippen LogP contribution in [0.25, 0.3) is 0 Å². The molecule has 4 heteroatoms. The Morgan fingerprint density at radius 2 is 2.12 bits per heavy atom. The van der Waals surface area contributed by atoms with E-state index >= 15 is 0 Å². The third-order valence-electron chi connectivity index (χ3n) is 3.75. The first-order chi connectivity index (χ1) is 8.17. The summed E-state index contributed by atoms with van der Waals surface area (Å²) in [5.41, 5.74) is 5.93. The van der Waals surface area contributed by atoms with Gasteiger partial charge in [-0.15, -0.1) is 11.3 Å². The van der Waals surface area contributed by atoms with E-state index in [-0.39, 0.29) is 11.2 Å². The molecule has 1 aliphatic rings. The first kappa shape index (κ1) is 13.1. The van der Waals surface area contributed by atoms with E-state index in [4.69, 9.17) is 17.3 Å². The fourth-order valence-electron chi connectivity index (χ4n) is 2.67. The van der Waals surface area contributed by atoms with Crippen LogP contribution in [-0.2, 0) is 0 Å². The summed E-state index contributed by atoms with van der Waals surface area (Å²) in [5, 5.41) is 2.45. The molecule has 2 N–H and O–H groups in total. The van der Waals surface area contributed by atoms with Gasteiger partial charge in [0.05, 0.1) is 9.90 Å². The van der Waals surface area contributed by atoms with Gasteiger partial charge in [0, 0.05) is 6.42 Å². The van der Waals surface area contributed by atoms with Crippen LogP contribution in [0.15, 0.2) is 11.4 Å². The maximum Gasteiger partial charge on any atom is 0.174 e. The summed E-state index contributed by atoms with van der Waals surface area (Å²) in [6.07, 6.45) is 6.39. The van der Waals surface area contributed by atoms with E-state index in [9.17, 15) is 4.79 Å². The van der Waals surface area contributed by atoms with Crippen molar-refractivity contribution in [2.45, 2.75) is 38.5 Å². The van der Waals surface area contributed by atoms with Crippen molar-refractivity contribution in [1.82, 2.24) is 0 Å². The van der Waals surface area contributed by atoms with Gasteiger partial charge in [-0.25, -0.2) is 0 Å². The van der Waals surface area contributed by atoms with E-state index < -0.39 is 0 Å². The van der Waals surface area contributed by atoms with Crippen molar-refractivity contribution in [1.29, 1.82) is 0 Å². The Morgan fingerprint density at radius 1 is 1.41 bits per heavy atom. The SMILES string of the molecule is NCC1(CC(=O)c2sccc2Cl)CCCCC1. The lowest BCUT2D eigenvalue weighted by atomic mass is 9.71. The lowest BCUT2D eigenvalue weighted by Gasteiger charge is -2.35. The highest BCUT2D eigenvalue weighted by Crippen LogP contribution is 2.40. The Hall–Kier alpha value is -0.380. The summed E-state index contributed by atoms with van der Waals surface area (Å²) >= 11 is 7.43. The lowest BCUT2D eigenvalue weighted by Crippen LogP contribution is -2.35. The molecule has 0 bridgehead atoms. The molecule has 1 fully saturated rings. The Bertz CT molecular complexity index is 396. The molecule has 1 aromatic rings. The number of thiophene rings is 1. The largest absolute Gasteiger partial charge is 0.330 e. The summed E-state index contributed by atoms with van der Waals surface area (Å²) in [7, 11) is 0. The molecule has 0 aliphatic heterocycles. The molecule has 17 heavy (non-hydrogen) atoms. The minimum absolute atomic E-state index is 0.0304. The van der Waals surface area contributed by atoms with Gasteiger partial charge in [0.2, 0.25) is 0 Å². The topological polar surface area (TPSA) is 43.1 Å². The molecule has 0 unspecified atom stereocenters. The first-order valence-corrected chi connectivity index (χ1v) is 7.39. The van der Waals surface area contributed by atoms with Gasteiger partial charge in [0.15, 0.2) is 5.78 Å². The van der Waals surface area contributed by atoms with E-state index in [0.29, 0.717) is 22.9 Å². The Morgan fingerprint density at radius 3 is 2.65 bits per heavy atom. The van der Waals surface area contributed by atoms with Crippen LogP contribution >= 0.6 is 22.9 Å². The second-order valence-electron chi connectivity index (χ2n) is 4.96. The van der Waals surface area contributed by atoms with Crippen molar-refractivity contribution < 1.29 is 4.79 Å². The number of halogens is 1. The van der Waals surface area contributed by atoms with Crippen molar-refractivity contribution in [2.75, 3.05) is 6.54 Å². The molecule has 0 amide bonds. The minimum atomic E-state index is 0.0304. The normalized spacial score (nSPS) is 19.2. The molecule has 0 atom stereocenters. The van der Waals surface area contributed by atoms with Crippen LogP contribution in [0.1, 0.15) is 48.2 Å². The van der Waals surface area contributed by atoms with Gasteiger partial charge in [-0.05, 0) is 36.2 Å². The molecule has 0 saturated heterocycles. The Balaban J connectivity index is 2.08. The van der Waals surface area contributed by atoms with Gasteiger partial charge in [-0.1, -0.05) is 30.9 Å². The summed E-state index contributed by atoms with van der Waals surface area (Å²) in [6, 6.07) is 1.79. The van der Waals surface area contributed by atoms with Crippen LogP contribution in [-0.4, -0.2) is 12.3 Å². The second kappa shape index (κ2) is 5.51. The van der Waals surface area contributed by atoms with Crippen molar-refractivity contribution in [3.8, 4) is 0 Å². The minimum Gasteiger partial charge on any atom is -0.330 e. The van der Waals surface area contributed by atoms with Gasteiger partial charge in [0.1, 0.15) is 0 Å². The highest BCUT2D eigenvalue weighted by atomic mass is 35.5. The van der Waals surface area contributed by atoms with Crippen molar-refractivity contribution in [3.63, 3.8) is 0 Å². The third kappa shape index (κ3) is 2.90. The van der Waals surface area contributed by atoms with Crippen LogP contribution < -0.4 is 5.73 Å². The highest BCUT2D eigenvalue weighted by Gasteiger charge is 2.33. The van der Waals surface area contributed by atoms with Crippen LogP contribution in [0, 0.1) is 5.41 Å². The number of hydrogen-bond donors (Lipinski definition) is 1. The fourth-order valence-corrected chi connectivity index (χ4v) is 3.77. The maximum absolute atomic E-state index is 12.2. The zero-order valence-electron chi connectivity index (χ0n) is 9.88. The second-order valence-corrected chi connectivity index (χ2v) is 6.29. The van der Waals surface area contributed by atoms with E-state index in [1.807, 2.05) is 5.38 Å². The zero-order chi connectivity index (χ0) is 12.3. The molecular formula is C13H18ClNOS. The smallest absolute Gasteiger partial charge is 0.174 e. The molecule has 2 nitrogen and oxygen atoms in total. The highest BCUT2D eigenvalue weighted by molar-refractivity contribution is 7.12. The van der Waals surface area contributed by atoms with Crippen LogP contribution in [0.5, 0.6) is 0 Å². The first-order valence-electron chi connectivity index (χ1n) is 6.13. The molecule has 0 aromatic carbocycles. The number of rotatable bonds is 4. The number of nitrogens with two attached hydrogens (primary N) is 1. The average molecular weight is 272 g/mol. The van der Waals surface area contributed by atoms with Gasteiger partial charge in [0.25, 0.3) is 0 Å². The van der Waals surface area contributed by atoms with Crippen LogP contribution in [0.2, 0.25) is 5.02 Å². The average Bonchev–Trinajstić information content (AvgIpc) is 2.77. The molecule has 1 aromatic heterocycles. The monoisotopic (exact) mass is 271 g/mol.